The summed E-state index contributed by atoms with van der Waals surface area (Å²) in [4.78, 5) is 2.26. The molecule has 0 aromatic rings. The van der Waals surface area contributed by atoms with Crippen LogP contribution in [0.25, 0.3) is 0 Å². The number of allylic oxidation sites excluding steroid dienone is 6. The molecular formula is C10H9N. The van der Waals surface area contributed by atoms with Crippen molar-refractivity contribution in [3.63, 3.8) is 0 Å². The van der Waals surface area contributed by atoms with Gasteiger partial charge in [-0.15, -0.1) is 0 Å². The second-order valence-electron chi connectivity index (χ2n) is 3.19. The zero-order valence-electron chi connectivity index (χ0n) is 6.20. The number of hydrogen-bond acceptors (Lipinski definition) is 1. The van der Waals surface area contributed by atoms with Gasteiger partial charge in [0.1, 0.15) is 0 Å². The molecule has 1 nitrogen and oxygen atoms in total. The molecule has 4 aliphatic rings. The summed E-state index contributed by atoms with van der Waals surface area (Å²) in [5.74, 6) is 0.659. The third kappa shape index (κ3) is 0.603. The van der Waals surface area contributed by atoms with Gasteiger partial charge in [-0.3, -0.25) is 0 Å². The molecule has 0 aromatic heterocycles. The van der Waals surface area contributed by atoms with Gasteiger partial charge in [-0.1, -0.05) is 18.2 Å². The molecular weight excluding hydrogens is 134 g/mol. The largest absolute Gasteiger partial charge is 0.321 e. The highest BCUT2D eigenvalue weighted by Crippen LogP contribution is 2.36. The van der Waals surface area contributed by atoms with Crippen molar-refractivity contribution < 1.29 is 0 Å². The highest BCUT2D eigenvalue weighted by atomic mass is 15.1. The minimum absolute atomic E-state index is 0.659. The van der Waals surface area contributed by atoms with Gasteiger partial charge in [0.25, 0.3) is 0 Å². The minimum atomic E-state index is 0.659. The first-order chi connectivity index (χ1) is 5.43. The lowest BCUT2D eigenvalue weighted by Crippen LogP contribution is -2.27. The van der Waals surface area contributed by atoms with Gasteiger partial charge in [-0.2, -0.15) is 0 Å². The number of hydrogen-bond donors (Lipinski definition) is 0. The summed E-state index contributed by atoms with van der Waals surface area (Å²) in [5.41, 5.74) is 2.79. The van der Waals surface area contributed by atoms with Crippen molar-refractivity contribution in [1.82, 2.24) is 4.90 Å². The maximum absolute atomic E-state index is 2.33. The van der Waals surface area contributed by atoms with E-state index in [0.717, 1.165) is 0 Å². The fraction of sp³-hybridized carbons (Fsp3) is 0.200. The van der Waals surface area contributed by atoms with Crippen LogP contribution >= 0.6 is 0 Å². The Morgan fingerprint density at radius 2 is 2.45 bits per heavy atom. The lowest BCUT2D eigenvalue weighted by Gasteiger charge is -2.37. The van der Waals surface area contributed by atoms with Crippen molar-refractivity contribution in [2.75, 3.05) is 0 Å². The van der Waals surface area contributed by atoms with Crippen LogP contribution in [0.5, 0.6) is 0 Å². The molecule has 4 aliphatic heterocycles. The Labute approximate surface area is 66.0 Å². The summed E-state index contributed by atoms with van der Waals surface area (Å²) >= 11 is 0. The molecule has 0 saturated carbocycles. The van der Waals surface area contributed by atoms with E-state index < -0.39 is 0 Å². The van der Waals surface area contributed by atoms with E-state index in [2.05, 4.69) is 41.5 Å². The summed E-state index contributed by atoms with van der Waals surface area (Å²) in [7, 11) is 0. The SMILES string of the molecule is C1=CC2=CC3C=CN2C(=C1)C3. The van der Waals surface area contributed by atoms with Gasteiger partial charge in [0, 0.05) is 23.5 Å². The van der Waals surface area contributed by atoms with Crippen LogP contribution in [-0.2, 0) is 0 Å². The van der Waals surface area contributed by atoms with Crippen molar-refractivity contribution in [2.45, 2.75) is 6.42 Å². The second-order valence-corrected chi connectivity index (χ2v) is 3.19. The molecule has 0 spiro atoms. The van der Waals surface area contributed by atoms with Crippen LogP contribution in [0.4, 0.5) is 0 Å². The summed E-state index contributed by atoms with van der Waals surface area (Å²) in [6.07, 6.45) is 14.5. The van der Waals surface area contributed by atoms with E-state index in [4.69, 9.17) is 0 Å². The molecule has 0 aliphatic carbocycles. The second kappa shape index (κ2) is 1.67. The molecule has 11 heavy (non-hydrogen) atoms. The highest BCUT2D eigenvalue weighted by molar-refractivity contribution is 5.42. The van der Waals surface area contributed by atoms with E-state index in [9.17, 15) is 0 Å². The molecule has 4 rings (SSSR count). The minimum Gasteiger partial charge on any atom is -0.321 e. The smallest absolute Gasteiger partial charge is 0.0418 e. The molecule has 0 amide bonds. The topological polar surface area (TPSA) is 3.24 Å². The van der Waals surface area contributed by atoms with Crippen molar-refractivity contribution in [2.24, 2.45) is 5.92 Å². The molecule has 1 heteroatoms. The van der Waals surface area contributed by atoms with E-state index in [1.54, 1.807) is 0 Å². The predicted molar refractivity (Wildman–Crippen MR) is 44.4 cm³/mol. The van der Waals surface area contributed by atoms with Gasteiger partial charge in [0.05, 0.1) is 0 Å². The zero-order chi connectivity index (χ0) is 7.26. The van der Waals surface area contributed by atoms with Gasteiger partial charge in [0.15, 0.2) is 0 Å². The maximum atomic E-state index is 2.33. The number of rotatable bonds is 0. The third-order valence-corrected chi connectivity index (χ3v) is 2.46. The third-order valence-electron chi connectivity index (χ3n) is 2.46. The van der Waals surface area contributed by atoms with Crippen LogP contribution in [0.1, 0.15) is 6.42 Å². The summed E-state index contributed by atoms with van der Waals surface area (Å²) in [6, 6.07) is 0. The van der Waals surface area contributed by atoms with Crippen molar-refractivity contribution in [3.05, 3.63) is 48.0 Å². The molecule has 1 unspecified atom stereocenters. The van der Waals surface area contributed by atoms with Crippen LogP contribution in [0, 0.1) is 5.92 Å². The van der Waals surface area contributed by atoms with Gasteiger partial charge >= 0.3 is 0 Å². The Bertz CT molecular complexity index is 318. The standard InChI is InChI=1S/C10H9N/c1-2-9-6-8-4-5-11(9)10(3-1)7-8/h1-6,8H,7H2. The Balaban J connectivity index is 2.24. The van der Waals surface area contributed by atoms with Gasteiger partial charge in [0.2, 0.25) is 0 Å². The van der Waals surface area contributed by atoms with Crippen LogP contribution in [0.2, 0.25) is 0 Å². The fourth-order valence-electron chi connectivity index (χ4n) is 1.91. The molecule has 0 aromatic carbocycles. The number of nitrogens with zero attached hydrogens (tertiary/aromatic N) is 1. The Kier molecular flexibility index (Phi) is 0.823. The van der Waals surface area contributed by atoms with E-state index in [1.165, 1.54) is 17.8 Å². The molecule has 0 saturated heterocycles. The van der Waals surface area contributed by atoms with E-state index in [0.29, 0.717) is 5.92 Å². The normalized spacial score (nSPS) is 30.5. The first kappa shape index (κ1) is 5.42. The Hall–Kier alpha value is -1.24. The quantitative estimate of drug-likeness (QED) is 0.502. The summed E-state index contributed by atoms with van der Waals surface area (Å²) in [5, 5.41) is 0. The Morgan fingerprint density at radius 3 is 3.18 bits per heavy atom. The lowest BCUT2D eigenvalue weighted by molar-refractivity contribution is 0.462. The van der Waals surface area contributed by atoms with E-state index in [-0.39, 0.29) is 0 Å². The van der Waals surface area contributed by atoms with E-state index >= 15 is 0 Å². The van der Waals surface area contributed by atoms with Crippen molar-refractivity contribution in [1.29, 1.82) is 0 Å². The van der Waals surface area contributed by atoms with Crippen LogP contribution in [0.15, 0.2) is 48.0 Å². The predicted octanol–water partition coefficient (Wildman–Crippen LogP) is 2.17. The van der Waals surface area contributed by atoms with Crippen LogP contribution in [-0.4, -0.2) is 4.90 Å². The van der Waals surface area contributed by atoms with Crippen molar-refractivity contribution in [3.8, 4) is 0 Å². The Morgan fingerprint density at radius 1 is 1.45 bits per heavy atom. The first-order valence-electron chi connectivity index (χ1n) is 4.00. The highest BCUT2D eigenvalue weighted by Gasteiger charge is 2.25. The van der Waals surface area contributed by atoms with Gasteiger partial charge < -0.3 is 4.90 Å². The molecule has 4 bridgehead atoms. The van der Waals surface area contributed by atoms with Gasteiger partial charge in [-0.25, -0.2) is 0 Å². The van der Waals surface area contributed by atoms with Crippen LogP contribution < -0.4 is 0 Å². The average molecular weight is 143 g/mol. The maximum Gasteiger partial charge on any atom is 0.0418 e. The first-order valence-corrected chi connectivity index (χ1v) is 4.00. The fourth-order valence-corrected chi connectivity index (χ4v) is 1.91. The zero-order valence-corrected chi connectivity index (χ0v) is 6.20. The van der Waals surface area contributed by atoms with Crippen LogP contribution in [0.3, 0.4) is 0 Å². The molecule has 1 atom stereocenters. The van der Waals surface area contributed by atoms with E-state index in [1.807, 2.05) is 0 Å². The molecule has 4 heterocycles. The molecule has 0 fully saturated rings. The van der Waals surface area contributed by atoms with Gasteiger partial charge in [-0.05, 0) is 18.6 Å². The molecule has 0 radical (unpaired) electrons. The molecule has 0 N–H and O–H groups in total. The lowest BCUT2D eigenvalue weighted by atomic mass is 9.90. The van der Waals surface area contributed by atoms with Crippen molar-refractivity contribution >= 4 is 0 Å². The summed E-state index contributed by atoms with van der Waals surface area (Å²) in [6.45, 7) is 0. The summed E-state index contributed by atoms with van der Waals surface area (Å²) < 4.78 is 0. The average Bonchev–Trinajstić information content (AvgIpc) is 2.05. The monoisotopic (exact) mass is 143 g/mol. The molecule has 54 valence electrons.